The van der Waals surface area contributed by atoms with Crippen molar-refractivity contribution in [2.75, 3.05) is 6.61 Å². The van der Waals surface area contributed by atoms with E-state index < -0.39 is 17.9 Å². The van der Waals surface area contributed by atoms with Crippen molar-refractivity contribution in [3.8, 4) is 5.75 Å². The lowest BCUT2D eigenvalue weighted by atomic mass is 10.1. The van der Waals surface area contributed by atoms with Gasteiger partial charge in [-0.25, -0.2) is 9.59 Å². The third-order valence-corrected chi connectivity index (χ3v) is 5.55. The normalized spacial score (nSPS) is 13.6. The lowest BCUT2D eigenvalue weighted by Gasteiger charge is -2.15. The Bertz CT molecular complexity index is 1200. The number of rotatable bonds is 7. The van der Waals surface area contributed by atoms with Crippen LogP contribution in [0.4, 0.5) is 0 Å². The van der Waals surface area contributed by atoms with Crippen LogP contribution < -0.4 is 15.7 Å². The summed E-state index contributed by atoms with van der Waals surface area (Å²) in [5.41, 5.74) is 2.56. The number of nitrogens with one attached hydrogen (secondary N) is 1. The van der Waals surface area contributed by atoms with Crippen molar-refractivity contribution in [3.63, 3.8) is 0 Å². The number of hydrogen-bond acceptors (Lipinski definition) is 5. The maximum Gasteiger partial charge on any atom is 0.339 e. The van der Waals surface area contributed by atoms with Gasteiger partial charge in [-0.15, -0.1) is 0 Å². The number of aryl methyl sites for hydroxylation is 1. The molecule has 1 heterocycles. The Morgan fingerprint density at radius 3 is 2.61 bits per heavy atom. The van der Waals surface area contributed by atoms with Crippen molar-refractivity contribution >= 4 is 34.4 Å². The Morgan fingerprint density at radius 1 is 1.13 bits per heavy atom. The number of benzene rings is 2. The van der Waals surface area contributed by atoms with Crippen LogP contribution in [-0.2, 0) is 28.9 Å². The summed E-state index contributed by atoms with van der Waals surface area (Å²) in [4.78, 5) is 35.9. The number of fused-ring (bicyclic) bond motifs is 3. The number of amides is 1. The summed E-state index contributed by atoms with van der Waals surface area (Å²) in [6.07, 6.45) is 2.61. The number of carboxylic acids is 1. The van der Waals surface area contributed by atoms with Crippen molar-refractivity contribution in [2.45, 2.75) is 31.7 Å². The molecule has 0 spiro atoms. The van der Waals surface area contributed by atoms with Gasteiger partial charge in [0.15, 0.2) is 6.61 Å². The standard InChI is InChI=1S/C23H20ClNO6/c24-14-6-4-13(5-7-14)10-19(22(27)28)25-21(26)12-30-15-8-9-17-16-2-1-3-18(16)23(29)31-20(17)11-15/h4-9,11,19H,1-3,10,12H2,(H,25,26)(H,27,28)/t19-/m1/s1. The SMILES string of the molecule is O=C(COc1ccc2c3c(c(=O)oc2c1)CCC3)N[C@H](Cc1ccc(Cl)cc1)C(=O)O. The second-order valence-electron chi connectivity index (χ2n) is 7.44. The second-order valence-corrected chi connectivity index (χ2v) is 7.87. The van der Waals surface area contributed by atoms with E-state index in [9.17, 15) is 19.5 Å². The molecule has 0 saturated carbocycles. The van der Waals surface area contributed by atoms with E-state index in [0.717, 1.165) is 41.3 Å². The molecule has 0 fully saturated rings. The molecule has 160 valence electrons. The molecule has 1 aromatic heterocycles. The van der Waals surface area contributed by atoms with Crippen molar-refractivity contribution in [2.24, 2.45) is 0 Å². The largest absolute Gasteiger partial charge is 0.484 e. The zero-order chi connectivity index (χ0) is 22.0. The average Bonchev–Trinajstić information content (AvgIpc) is 3.24. The number of carbonyl (C=O) groups excluding carboxylic acids is 1. The topological polar surface area (TPSA) is 106 Å². The van der Waals surface area contributed by atoms with Gasteiger partial charge in [-0.1, -0.05) is 23.7 Å². The number of hydrogen-bond donors (Lipinski definition) is 2. The quantitative estimate of drug-likeness (QED) is 0.546. The molecule has 8 heteroatoms. The number of ether oxygens (including phenoxy) is 1. The maximum atomic E-state index is 12.3. The molecule has 1 atom stereocenters. The number of carboxylic acid groups (broad SMARTS) is 1. The zero-order valence-electron chi connectivity index (χ0n) is 16.5. The minimum Gasteiger partial charge on any atom is -0.484 e. The minimum absolute atomic E-state index is 0.116. The third kappa shape index (κ3) is 4.72. The fraction of sp³-hybridized carbons (Fsp3) is 0.261. The summed E-state index contributed by atoms with van der Waals surface area (Å²) in [5.74, 6) is -1.37. The predicted molar refractivity (Wildman–Crippen MR) is 115 cm³/mol. The summed E-state index contributed by atoms with van der Waals surface area (Å²) in [6, 6.07) is 10.7. The molecule has 0 radical (unpaired) electrons. The summed E-state index contributed by atoms with van der Waals surface area (Å²) in [7, 11) is 0. The molecule has 0 saturated heterocycles. The highest BCUT2D eigenvalue weighted by atomic mass is 35.5. The van der Waals surface area contributed by atoms with Crippen LogP contribution in [-0.4, -0.2) is 29.6 Å². The third-order valence-electron chi connectivity index (χ3n) is 5.30. The molecule has 0 unspecified atom stereocenters. The van der Waals surface area contributed by atoms with E-state index in [-0.39, 0.29) is 18.7 Å². The first-order chi connectivity index (χ1) is 14.9. The van der Waals surface area contributed by atoms with Crippen molar-refractivity contribution in [1.82, 2.24) is 5.32 Å². The van der Waals surface area contributed by atoms with Crippen molar-refractivity contribution in [1.29, 1.82) is 0 Å². The first-order valence-corrected chi connectivity index (χ1v) is 10.3. The fourth-order valence-corrected chi connectivity index (χ4v) is 3.92. The highest BCUT2D eigenvalue weighted by Gasteiger charge is 2.22. The summed E-state index contributed by atoms with van der Waals surface area (Å²) < 4.78 is 10.9. The molecular formula is C23H20ClNO6. The van der Waals surface area contributed by atoms with E-state index in [0.29, 0.717) is 16.4 Å². The van der Waals surface area contributed by atoms with Gasteiger partial charge < -0.3 is 19.6 Å². The minimum atomic E-state index is -1.15. The van der Waals surface area contributed by atoms with Crippen LogP contribution in [0.2, 0.25) is 5.02 Å². The first-order valence-electron chi connectivity index (χ1n) is 9.89. The highest BCUT2D eigenvalue weighted by molar-refractivity contribution is 6.30. The molecule has 31 heavy (non-hydrogen) atoms. The highest BCUT2D eigenvalue weighted by Crippen LogP contribution is 2.29. The van der Waals surface area contributed by atoms with Crippen molar-refractivity contribution in [3.05, 3.63) is 74.6 Å². The Hall–Kier alpha value is -3.32. The lowest BCUT2D eigenvalue weighted by Crippen LogP contribution is -2.44. The Labute approximate surface area is 182 Å². The lowest BCUT2D eigenvalue weighted by molar-refractivity contribution is -0.142. The number of carbonyl (C=O) groups is 2. The molecule has 0 aliphatic heterocycles. The molecule has 1 aliphatic carbocycles. The van der Waals surface area contributed by atoms with Crippen LogP contribution in [0.15, 0.2) is 51.7 Å². The first kappa shape index (κ1) is 20.9. The smallest absolute Gasteiger partial charge is 0.339 e. The fourth-order valence-electron chi connectivity index (χ4n) is 3.80. The Balaban J connectivity index is 1.41. The molecule has 2 N–H and O–H groups in total. The molecule has 0 bridgehead atoms. The average molecular weight is 442 g/mol. The summed E-state index contributed by atoms with van der Waals surface area (Å²) in [6.45, 7) is -0.370. The van der Waals surface area contributed by atoms with E-state index >= 15 is 0 Å². The summed E-state index contributed by atoms with van der Waals surface area (Å²) >= 11 is 5.84. The molecule has 1 amide bonds. The number of aliphatic carboxylic acids is 1. The van der Waals surface area contributed by atoms with Gasteiger partial charge in [0, 0.05) is 28.5 Å². The van der Waals surface area contributed by atoms with Crippen molar-refractivity contribution < 1.29 is 23.8 Å². The van der Waals surface area contributed by atoms with Crippen LogP contribution in [0.3, 0.4) is 0 Å². The Morgan fingerprint density at radius 2 is 1.87 bits per heavy atom. The van der Waals surface area contributed by atoms with E-state index in [1.807, 2.05) is 6.07 Å². The van der Waals surface area contributed by atoms with E-state index in [1.165, 1.54) is 0 Å². The summed E-state index contributed by atoms with van der Waals surface area (Å²) in [5, 5.41) is 13.3. The monoisotopic (exact) mass is 441 g/mol. The van der Waals surface area contributed by atoms with Crippen LogP contribution in [0.25, 0.3) is 11.0 Å². The van der Waals surface area contributed by atoms with Crippen LogP contribution in [0.1, 0.15) is 23.1 Å². The van der Waals surface area contributed by atoms with Crippen LogP contribution >= 0.6 is 11.6 Å². The molecule has 1 aliphatic rings. The van der Waals surface area contributed by atoms with Gasteiger partial charge in [-0.3, -0.25) is 4.79 Å². The van der Waals surface area contributed by atoms with Gasteiger partial charge in [0.1, 0.15) is 17.4 Å². The van der Waals surface area contributed by atoms with Crippen LogP contribution in [0, 0.1) is 0 Å². The van der Waals surface area contributed by atoms with E-state index in [2.05, 4.69) is 5.32 Å². The predicted octanol–water partition coefficient (Wildman–Crippen LogP) is 3.13. The molecule has 7 nitrogen and oxygen atoms in total. The zero-order valence-corrected chi connectivity index (χ0v) is 17.3. The van der Waals surface area contributed by atoms with E-state index in [1.54, 1.807) is 36.4 Å². The molecule has 3 aromatic rings. The van der Waals surface area contributed by atoms with Gasteiger partial charge in [0.2, 0.25) is 0 Å². The van der Waals surface area contributed by atoms with Gasteiger partial charge in [0.05, 0.1) is 0 Å². The van der Waals surface area contributed by atoms with Gasteiger partial charge in [-0.2, -0.15) is 0 Å². The number of halogens is 1. The Kier molecular flexibility index (Phi) is 5.95. The maximum absolute atomic E-state index is 12.3. The van der Waals surface area contributed by atoms with Gasteiger partial charge >= 0.3 is 11.6 Å². The second kappa shape index (κ2) is 8.81. The van der Waals surface area contributed by atoms with Gasteiger partial charge in [-0.05, 0) is 54.7 Å². The van der Waals surface area contributed by atoms with Gasteiger partial charge in [0.25, 0.3) is 5.91 Å². The molecule has 4 rings (SSSR count). The molecular weight excluding hydrogens is 422 g/mol. The molecule has 2 aromatic carbocycles. The van der Waals surface area contributed by atoms with E-state index in [4.69, 9.17) is 20.8 Å². The van der Waals surface area contributed by atoms with Crippen LogP contribution in [0.5, 0.6) is 5.75 Å².